The maximum atomic E-state index is 12.3. The Hall–Kier alpha value is -2.48. The van der Waals surface area contributed by atoms with Crippen LogP contribution >= 0.6 is 11.6 Å². The van der Waals surface area contributed by atoms with Crippen molar-refractivity contribution in [2.75, 3.05) is 39.3 Å². The molecule has 1 aliphatic rings. The molecule has 1 fully saturated rings. The van der Waals surface area contributed by atoms with E-state index in [0.29, 0.717) is 37.0 Å². The highest BCUT2D eigenvalue weighted by Crippen LogP contribution is 2.15. The van der Waals surface area contributed by atoms with Gasteiger partial charge in [0.05, 0.1) is 0 Å². The second-order valence-electron chi connectivity index (χ2n) is 7.68. The topological polar surface area (TPSA) is 88.2 Å². The van der Waals surface area contributed by atoms with E-state index >= 15 is 0 Å². The first-order chi connectivity index (χ1) is 13.6. The molecule has 1 N–H and O–H groups in total. The number of nitrogens with one attached hydrogen (secondary N) is 1. The summed E-state index contributed by atoms with van der Waals surface area (Å²) in [5, 5.41) is 3.18. The van der Waals surface area contributed by atoms with Crippen molar-refractivity contribution in [3.63, 3.8) is 0 Å². The number of hydrogen-bond donors (Lipinski definition) is 1. The Bertz CT molecular complexity index is 710. The van der Waals surface area contributed by atoms with Crippen LogP contribution in [0, 0.1) is 0 Å². The van der Waals surface area contributed by atoms with Crippen LogP contribution in [0.25, 0.3) is 0 Å². The summed E-state index contributed by atoms with van der Waals surface area (Å²) >= 11 is 5.82. The van der Waals surface area contributed by atoms with E-state index in [-0.39, 0.29) is 31.4 Å². The van der Waals surface area contributed by atoms with Crippen LogP contribution in [0.4, 0.5) is 4.79 Å². The molecule has 1 heterocycles. The van der Waals surface area contributed by atoms with Crippen LogP contribution in [-0.2, 0) is 14.3 Å². The van der Waals surface area contributed by atoms with E-state index in [9.17, 15) is 14.4 Å². The SMILES string of the molecule is CC(C)(C)OC(=O)NCCC(=O)N1CCN(C(=O)COc2ccc(Cl)cc2)CC1. The third-order valence-corrected chi connectivity index (χ3v) is 4.42. The van der Waals surface area contributed by atoms with E-state index in [0.717, 1.165) is 0 Å². The molecule has 8 nitrogen and oxygen atoms in total. The Kier molecular flexibility index (Phi) is 8.13. The Balaban J connectivity index is 1.65. The fourth-order valence-corrected chi connectivity index (χ4v) is 2.84. The van der Waals surface area contributed by atoms with Gasteiger partial charge in [0.15, 0.2) is 6.61 Å². The molecule has 0 aliphatic carbocycles. The maximum Gasteiger partial charge on any atom is 0.407 e. The lowest BCUT2D eigenvalue weighted by atomic mass is 10.2. The normalized spacial score (nSPS) is 14.3. The summed E-state index contributed by atoms with van der Waals surface area (Å²) in [6.45, 7) is 7.30. The Morgan fingerprint density at radius 2 is 1.55 bits per heavy atom. The largest absolute Gasteiger partial charge is 0.484 e. The molecular weight excluding hydrogens is 398 g/mol. The number of halogens is 1. The van der Waals surface area contributed by atoms with Crippen LogP contribution < -0.4 is 10.1 Å². The highest BCUT2D eigenvalue weighted by molar-refractivity contribution is 6.30. The van der Waals surface area contributed by atoms with Gasteiger partial charge in [-0.2, -0.15) is 0 Å². The van der Waals surface area contributed by atoms with Gasteiger partial charge in [0.1, 0.15) is 11.4 Å². The van der Waals surface area contributed by atoms with Crippen molar-refractivity contribution in [3.8, 4) is 5.75 Å². The predicted molar refractivity (Wildman–Crippen MR) is 109 cm³/mol. The summed E-state index contributed by atoms with van der Waals surface area (Å²) in [5.74, 6) is 0.387. The van der Waals surface area contributed by atoms with Crippen LogP contribution in [0.3, 0.4) is 0 Å². The molecule has 1 aromatic rings. The molecule has 1 saturated heterocycles. The van der Waals surface area contributed by atoms with Gasteiger partial charge in [0.25, 0.3) is 5.91 Å². The molecular formula is C20H28ClN3O5. The average Bonchev–Trinajstić information content (AvgIpc) is 2.66. The van der Waals surface area contributed by atoms with Crippen molar-refractivity contribution < 1.29 is 23.9 Å². The first kappa shape index (κ1) is 22.8. The molecule has 1 aromatic carbocycles. The second-order valence-corrected chi connectivity index (χ2v) is 8.12. The van der Waals surface area contributed by atoms with Gasteiger partial charge >= 0.3 is 6.09 Å². The maximum absolute atomic E-state index is 12.3. The van der Waals surface area contributed by atoms with E-state index in [1.165, 1.54) is 0 Å². The number of hydrogen-bond acceptors (Lipinski definition) is 5. The summed E-state index contributed by atoms with van der Waals surface area (Å²) in [5.41, 5.74) is -0.575. The zero-order valence-corrected chi connectivity index (χ0v) is 17.8. The minimum atomic E-state index is -0.575. The number of carbonyl (C=O) groups excluding carboxylic acids is 3. The van der Waals surface area contributed by atoms with Gasteiger partial charge in [-0.1, -0.05) is 11.6 Å². The van der Waals surface area contributed by atoms with Crippen molar-refractivity contribution in [2.45, 2.75) is 32.8 Å². The van der Waals surface area contributed by atoms with Crippen molar-refractivity contribution in [1.29, 1.82) is 0 Å². The smallest absolute Gasteiger partial charge is 0.407 e. The molecule has 3 amide bonds. The van der Waals surface area contributed by atoms with E-state index in [1.54, 1.807) is 54.8 Å². The summed E-state index contributed by atoms with van der Waals surface area (Å²) in [6.07, 6.45) is -0.353. The number of amides is 3. The molecule has 29 heavy (non-hydrogen) atoms. The van der Waals surface area contributed by atoms with Gasteiger partial charge in [0, 0.05) is 44.2 Å². The third kappa shape index (κ3) is 8.19. The van der Waals surface area contributed by atoms with Gasteiger partial charge in [-0.15, -0.1) is 0 Å². The first-order valence-corrected chi connectivity index (χ1v) is 9.92. The lowest BCUT2D eigenvalue weighted by Gasteiger charge is -2.34. The Labute approximate surface area is 176 Å². The van der Waals surface area contributed by atoms with Crippen molar-refractivity contribution in [1.82, 2.24) is 15.1 Å². The first-order valence-electron chi connectivity index (χ1n) is 9.55. The van der Waals surface area contributed by atoms with E-state index in [2.05, 4.69) is 5.32 Å². The molecule has 0 bridgehead atoms. The van der Waals surface area contributed by atoms with E-state index < -0.39 is 11.7 Å². The highest BCUT2D eigenvalue weighted by Gasteiger charge is 2.24. The summed E-state index contributed by atoms with van der Waals surface area (Å²) in [7, 11) is 0. The number of rotatable bonds is 6. The van der Waals surface area contributed by atoms with Gasteiger partial charge in [0.2, 0.25) is 5.91 Å². The fourth-order valence-electron chi connectivity index (χ4n) is 2.72. The predicted octanol–water partition coefficient (Wildman–Crippen LogP) is 2.30. The van der Waals surface area contributed by atoms with Gasteiger partial charge < -0.3 is 24.6 Å². The minimum Gasteiger partial charge on any atom is -0.484 e. The summed E-state index contributed by atoms with van der Waals surface area (Å²) in [4.78, 5) is 39.5. The van der Waals surface area contributed by atoms with Crippen molar-refractivity contribution in [3.05, 3.63) is 29.3 Å². The number of piperazine rings is 1. The molecule has 0 radical (unpaired) electrons. The number of ether oxygens (including phenoxy) is 2. The van der Waals surface area contributed by atoms with Crippen LogP contribution in [-0.4, -0.2) is 72.6 Å². The molecule has 0 saturated carbocycles. The molecule has 160 valence electrons. The van der Waals surface area contributed by atoms with Crippen LogP contribution in [0.15, 0.2) is 24.3 Å². The number of nitrogens with zero attached hydrogens (tertiary/aromatic N) is 2. The van der Waals surface area contributed by atoms with E-state index in [1.807, 2.05) is 0 Å². The van der Waals surface area contributed by atoms with Crippen LogP contribution in [0.2, 0.25) is 5.02 Å². The van der Waals surface area contributed by atoms with Gasteiger partial charge in [-0.05, 0) is 45.0 Å². The zero-order valence-electron chi connectivity index (χ0n) is 17.1. The second kappa shape index (κ2) is 10.3. The summed E-state index contributed by atoms with van der Waals surface area (Å²) < 4.78 is 10.6. The minimum absolute atomic E-state index is 0.0601. The molecule has 0 unspecified atom stereocenters. The molecule has 2 rings (SSSR count). The molecule has 1 aliphatic heterocycles. The van der Waals surface area contributed by atoms with Gasteiger partial charge in [-0.3, -0.25) is 9.59 Å². The number of benzene rings is 1. The van der Waals surface area contributed by atoms with Crippen LogP contribution in [0.1, 0.15) is 27.2 Å². The number of carbonyl (C=O) groups is 3. The van der Waals surface area contributed by atoms with E-state index in [4.69, 9.17) is 21.1 Å². The lowest BCUT2D eigenvalue weighted by molar-refractivity contribution is -0.140. The molecule has 0 spiro atoms. The Morgan fingerprint density at radius 1 is 1.00 bits per heavy atom. The fraction of sp³-hybridized carbons (Fsp3) is 0.550. The molecule has 9 heteroatoms. The Morgan fingerprint density at radius 3 is 2.10 bits per heavy atom. The lowest BCUT2D eigenvalue weighted by Crippen LogP contribution is -2.52. The summed E-state index contributed by atoms with van der Waals surface area (Å²) in [6, 6.07) is 6.81. The van der Waals surface area contributed by atoms with Crippen molar-refractivity contribution in [2.24, 2.45) is 0 Å². The molecule has 0 aromatic heterocycles. The standard InChI is InChI=1S/C20H28ClN3O5/c1-20(2,3)29-19(27)22-9-8-17(25)23-10-12-24(13-11-23)18(26)14-28-16-6-4-15(21)5-7-16/h4-7H,8-14H2,1-3H3,(H,22,27). The van der Waals surface area contributed by atoms with Crippen LogP contribution in [0.5, 0.6) is 5.75 Å². The average molecular weight is 426 g/mol. The molecule has 0 atom stereocenters. The number of alkyl carbamates (subject to hydrolysis) is 1. The quantitative estimate of drug-likeness (QED) is 0.755. The third-order valence-electron chi connectivity index (χ3n) is 4.17. The van der Waals surface area contributed by atoms with Gasteiger partial charge in [-0.25, -0.2) is 4.79 Å². The zero-order chi connectivity index (χ0) is 21.4. The monoisotopic (exact) mass is 425 g/mol. The highest BCUT2D eigenvalue weighted by atomic mass is 35.5. The van der Waals surface area contributed by atoms with Crippen molar-refractivity contribution >= 4 is 29.5 Å².